The number of methoxy groups -OCH3 is 3. The van der Waals surface area contributed by atoms with E-state index in [1.807, 2.05) is 43.3 Å². The fraction of sp³-hybridized carbons (Fsp3) is 0.286. The lowest BCUT2D eigenvalue weighted by Crippen LogP contribution is -2.26. The minimum Gasteiger partial charge on any atom is -0.497 e. The minimum absolute atomic E-state index is 0.201. The van der Waals surface area contributed by atoms with Gasteiger partial charge in [0.25, 0.3) is 5.91 Å². The van der Waals surface area contributed by atoms with Gasteiger partial charge in [-0.05, 0) is 31.2 Å². The van der Waals surface area contributed by atoms with Gasteiger partial charge in [0, 0.05) is 30.1 Å². The zero-order valence-electron chi connectivity index (χ0n) is 16.2. The Morgan fingerprint density at radius 1 is 1.07 bits per heavy atom. The molecular weight excluding hydrogens is 346 g/mol. The molecule has 0 atom stereocenters. The summed E-state index contributed by atoms with van der Waals surface area (Å²) in [5, 5.41) is 0.866. The first-order valence-corrected chi connectivity index (χ1v) is 8.52. The number of furan rings is 1. The van der Waals surface area contributed by atoms with Crippen LogP contribution < -0.4 is 14.2 Å². The molecule has 0 aliphatic rings. The molecule has 1 aromatic heterocycles. The molecule has 0 radical (unpaired) electrons. The molecule has 0 N–H and O–H groups in total. The van der Waals surface area contributed by atoms with Crippen LogP contribution in [0.3, 0.4) is 0 Å². The number of carbonyl (C=O) groups excluding carboxylic acids is 1. The second kappa shape index (κ2) is 7.61. The van der Waals surface area contributed by atoms with Gasteiger partial charge >= 0.3 is 0 Å². The van der Waals surface area contributed by atoms with Gasteiger partial charge in [0.15, 0.2) is 17.3 Å². The molecule has 0 saturated carbocycles. The normalized spacial score (nSPS) is 10.7. The molecule has 0 bridgehead atoms. The van der Waals surface area contributed by atoms with Gasteiger partial charge in [0.2, 0.25) is 0 Å². The van der Waals surface area contributed by atoms with E-state index in [-0.39, 0.29) is 5.91 Å². The van der Waals surface area contributed by atoms with Crippen LogP contribution in [0.15, 0.2) is 40.8 Å². The van der Waals surface area contributed by atoms with Crippen molar-refractivity contribution in [2.45, 2.75) is 13.5 Å². The summed E-state index contributed by atoms with van der Waals surface area (Å²) in [5.41, 5.74) is 2.30. The minimum atomic E-state index is -0.201. The van der Waals surface area contributed by atoms with Gasteiger partial charge in [0.1, 0.15) is 11.3 Å². The van der Waals surface area contributed by atoms with Crippen molar-refractivity contribution >= 4 is 16.9 Å². The van der Waals surface area contributed by atoms with Gasteiger partial charge in [-0.3, -0.25) is 4.79 Å². The van der Waals surface area contributed by atoms with E-state index < -0.39 is 0 Å². The average Bonchev–Trinajstić information content (AvgIpc) is 3.02. The molecule has 3 rings (SSSR count). The van der Waals surface area contributed by atoms with Gasteiger partial charge in [-0.1, -0.05) is 12.1 Å². The SMILES string of the molecule is COc1ccc2oc(C(=O)N(C)Cc3cccc(OC)c3OC)c(C)c2c1. The van der Waals surface area contributed by atoms with Crippen LogP contribution in [0.25, 0.3) is 11.0 Å². The van der Waals surface area contributed by atoms with Crippen molar-refractivity contribution in [3.8, 4) is 17.2 Å². The predicted molar refractivity (Wildman–Crippen MR) is 103 cm³/mol. The van der Waals surface area contributed by atoms with E-state index >= 15 is 0 Å². The highest BCUT2D eigenvalue weighted by molar-refractivity contribution is 5.99. The molecular formula is C21H23NO5. The summed E-state index contributed by atoms with van der Waals surface area (Å²) in [4.78, 5) is 14.6. The number of aryl methyl sites for hydroxylation is 1. The maximum atomic E-state index is 13.0. The van der Waals surface area contributed by atoms with E-state index in [9.17, 15) is 4.79 Å². The summed E-state index contributed by atoms with van der Waals surface area (Å²) in [6.45, 7) is 2.23. The van der Waals surface area contributed by atoms with Crippen LogP contribution in [-0.2, 0) is 6.54 Å². The first-order valence-electron chi connectivity index (χ1n) is 8.52. The highest BCUT2D eigenvalue weighted by atomic mass is 16.5. The van der Waals surface area contributed by atoms with Gasteiger partial charge < -0.3 is 23.5 Å². The third-order valence-electron chi connectivity index (χ3n) is 4.58. The van der Waals surface area contributed by atoms with Crippen molar-refractivity contribution in [2.24, 2.45) is 0 Å². The number of amides is 1. The molecule has 0 unspecified atom stereocenters. The number of nitrogens with zero attached hydrogens (tertiary/aromatic N) is 1. The lowest BCUT2D eigenvalue weighted by molar-refractivity contribution is 0.0753. The number of hydrogen-bond donors (Lipinski definition) is 0. The van der Waals surface area contributed by atoms with Crippen molar-refractivity contribution in [2.75, 3.05) is 28.4 Å². The summed E-state index contributed by atoms with van der Waals surface area (Å²) in [6.07, 6.45) is 0. The average molecular weight is 369 g/mol. The van der Waals surface area contributed by atoms with Crippen molar-refractivity contribution in [3.63, 3.8) is 0 Å². The van der Waals surface area contributed by atoms with Crippen molar-refractivity contribution in [3.05, 3.63) is 53.3 Å². The first-order chi connectivity index (χ1) is 13.0. The van der Waals surface area contributed by atoms with Gasteiger partial charge in [-0.15, -0.1) is 0 Å². The van der Waals surface area contributed by atoms with Crippen LogP contribution >= 0.6 is 0 Å². The Labute approximate surface area is 158 Å². The van der Waals surface area contributed by atoms with E-state index in [0.717, 1.165) is 22.3 Å². The quantitative estimate of drug-likeness (QED) is 0.656. The van der Waals surface area contributed by atoms with Crippen LogP contribution in [-0.4, -0.2) is 39.2 Å². The highest BCUT2D eigenvalue weighted by Gasteiger charge is 2.23. The molecule has 142 valence electrons. The smallest absolute Gasteiger partial charge is 0.289 e. The Morgan fingerprint density at radius 2 is 1.85 bits per heavy atom. The molecule has 0 aliphatic carbocycles. The molecule has 27 heavy (non-hydrogen) atoms. The van der Waals surface area contributed by atoms with E-state index in [0.29, 0.717) is 29.4 Å². The standard InChI is InChI=1S/C21H23NO5/c1-13-16-11-15(24-3)9-10-17(16)27-19(13)21(23)22(2)12-14-7-6-8-18(25-4)20(14)26-5/h6-11H,12H2,1-5H3. The first kappa shape index (κ1) is 18.6. The number of ether oxygens (including phenoxy) is 3. The largest absolute Gasteiger partial charge is 0.497 e. The van der Waals surface area contributed by atoms with E-state index in [4.69, 9.17) is 18.6 Å². The summed E-state index contributed by atoms with van der Waals surface area (Å²) < 4.78 is 21.9. The van der Waals surface area contributed by atoms with Crippen LogP contribution in [0.1, 0.15) is 21.7 Å². The predicted octanol–water partition coefficient (Wildman–Crippen LogP) is 4.04. The Morgan fingerprint density at radius 3 is 2.52 bits per heavy atom. The molecule has 6 nitrogen and oxygen atoms in total. The van der Waals surface area contributed by atoms with E-state index in [2.05, 4.69) is 0 Å². The monoisotopic (exact) mass is 369 g/mol. The van der Waals surface area contributed by atoms with E-state index in [1.54, 1.807) is 33.3 Å². The molecule has 0 aliphatic heterocycles. The second-order valence-corrected chi connectivity index (χ2v) is 6.23. The number of benzene rings is 2. The van der Waals surface area contributed by atoms with Crippen LogP contribution in [0.4, 0.5) is 0 Å². The fourth-order valence-corrected chi connectivity index (χ4v) is 3.11. The Bertz CT molecular complexity index is 976. The lowest BCUT2D eigenvalue weighted by Gasteiger charge is -2.19. The van der Waals surface area contributed by atoms with Crippen molar-refractivity contribution in [1.82, 2.24) is 4.90 Å². The van der Waals surface area contributed by atoms with E-state index in [1.165, 1.54) is 0 Å². The second-order valence-electron chi connectivity index (χ2n) is 6.23. The molecule has 2 aromatic carbocycles. The summed E-state index contributed by atoms with van der Waals surface area (Å²) in [7, 11) is 6.51. The Balaban J connectivity index is 1.90. The highest BCUT2D eigenvalue weighted by Crippen LogP contribution is 2.33. The molecule has 0 fully saturated rings. The maximum Gasteiger partial charge on any atom is 0.289 e. The Kier molecular flexibility index (Phi) is 5.26. The number of rotatable bonds is 6. The summed E-state index contributed by atoms with van der Waals surface area (Å²) in [6, 6.07) is 11.1. The van der Waals surface area contributed by atoms with Crippen molar-refractivity contribution in [1.29, 1.82) is 0 Å². The third-order valence-corrected chi connectivity index (χ3v) is 4.58. The number of fused-ring (bicyclic) bond motifs is 1. The molecule has 1 amide bonds. The number of para-hydroxylation sites is 1. The van der Waals surface area contributed by atoms with Gasteiger partial charge in [0.05, 0.1) is 21.3 Å². The third kappa shape index (κ3) is 3.43. The molecule has 1 heterocycles. The van der Waals surface area contributed by atoms with Gasteiger partial charge in [-0.2, -0.15) is 0 Å². The summed E-state index contributed by atoms with van der Waals surface area (Å²) in [5.74, 6) is 2.09. The topological polar surface area (TPSA) is 61.1 Å². The summed E-state index contributed by atoms with van der Waals surface area (Å²) >= 11 is 0. The number of carbonyl (C=O) groups is 1. The molecule has 0 spiro atoms. The molecule has 3 aromatic rings. The molecule has 0 saturated heterocycles. The Hall–Kier alpha value is -3.15. The zero-order valence-corrected chi connectivity index (χ0v) is 16.2. The van der Waals surface area contributed by atoms with Crippen LogP contribution in [0.5, 0.6) is 17.2 Å². The van der Waals surface area contributed by atoms with Crippen LogP contribution in [0, 0.1) is 6.92 Å². The zero-order chi connectivity index (χ0) is 19.6. The molecule has 6 heteroatoms. The number of hydrogen-bond acceptors (Lipinski definition) is 5. The maximum absolute atomic E-state index is 13.0. The fourth-order valence-electron chi connectivity index (χ4n) is 3.11. The van der Waals surface area contributed by atoms with Gasteiger partial charge in [-0.25, -0.2) is 0 Å². The lowest BCUT2D eigenvalue weighted by atomic mass is 10.1. The van der Waals surface area contributed by atoms with Crippen molar-refractivity contribution < 1.29 is 23.4 Å². The van der Waals surface area contributed by atoms with Crippen LogP contribution in [0.2, 0.25) is 0 Å².